The number of carbonyl (C=O) groups is 2. The third kappa shape index (κ3) is 5.32. The van der Waals surface area contributed by atoms with E-state index in [4.69, 9.17) is 32.7 Å². The number of ether oxygens (including phenoxy) is 2. The number of benzene rings is 2. The first-order chi connectivity index (χ1) is 16.4. The predicted molar refractivity (Wildman–Crippen MR) is 129 cm³/mol. The highest BCUT2D eigenvalue weighted by atomic mass is 35.5. The maximum Gasteiger partial charge on any atom is 0.317 e. The van der Waals surface area contributed by atoms with E-state index in [0.717, 1.165) is 5.56 Å². The predicted octanol–water partition coefficient (Wildman–Crippen LogP) is 4.92. The van der Waals surface area contributed by atoms with Crippen LogP contribution in [0.1, 0.15) is 23.7 Å². The van der Waals surface area contributed by atoms with Gasteiger partial charge in [-0.2, -0.15) is 0 Å². The molecule has 0 spiro atoms. The molecule has 1 fully saturated rings. The zero-order chi connectivity index (χ0) is 24.1. The standard InChI is InChI=1S/C25H23Cl2N3O4/c1-2-33-24(32)25(11-12-30(15-25)23(31)18-3-7-19(26)8-4-18)16-34-21-9-5-17(6-10-21)22-28-13-20(27)14-29-22/h3-10,13-14H,2,11-12,15-16H2,1H3. The van der Waals surface area contributed by atoms with Gasteiger partial charge in [0.05, 0.1) is 11.6 Å². The molecule has 7 nitrogen and oxygen atoms in total. The van der Waals surface area contributed by atoms with Crippen molar-refractivity contribution in [2.75, 3.05) is 26.3 Å². The van der Waals surface area contributed by atoms with Crippen LogP contribution < -0.4 is 4.74 Å². The Bertz CT molecular complexity index is 1150. The quantitative estimate of drug-likeness (QED) is 0.429. The van der Waals surface area contributed by atoms with Crippen LogP contribution in [-0.2, 0) is 9.53 Å². The molecule has 0 radical (unpaired) electrons. The van der Waals surface area contributed by atoms with E-state index < -0.39 is 5.41 Å². The molecular formula is C25H23Cl2N3O4. The fraction of sp³-hybridized carbons (Fsp3) is 0.280. The lowest BCUT2D eigenvalue weighted by atomic mass is 9.88. The number of aromatic nitrogens is 2. The van der Waals surface area contributed by atoms with Crippen LogP contribution in [0.4, 0.5) is 0 Å². The minimum atomic E-state index is -0.948. The van der Waals surface area contributed by atoms with Gasteiger partial charge in [0.15, 0.2) is 5.82 Å². The summed E-state index contributed by atoms with van der Waals surface area (Å²) in [4.78, 5) is 36.0. The third-order valence-electron chi connectivity index (χ3n) is 5.69. The first-order valence-electron chi connectivity index (χ1n) is 10.8. The van der Waals surface area contributed by atoms with E-state index >= 15 is 0 Å². The number of esters is 1. The lowest BCUT2D eigenvalue weighted by molar-refractivity contribution is -0.156. The molecule has 4 rings (SSSR count). The molecule has 2 heterocycles. The summed E-state index contributed by atoms with van der Waals surface area (Å²) in [6, 6.07) is 13.9. The fourth-order valence-electron chi connectivity index (χ4n) is 3.83. The molecule has 0 aliphatic carbocycles. The Morgan fingerprint density at radius 1 is 1.00 bits per heavy atom. The summed E-state index contributed by atoms with van der Waals surface area (Å²) >= 11 is 11.8. The minimum absolute atomic E-state index is 0.0903. The molecule has 3 aromatic rings. The number of nitrogens with zero attached hydrogens (tertiary/aromatic N) is 3. The van der Waals surface area contributed by atoms with Gasteiger partial charge in [0.2, 0.25) is 0 Å². The van der Waals surface area contributed by atoms with Gasteiger partial charge >= 0.3 is 5.97 Å². The monoisotopic (exact) mass is 499 g/mol. The van der Waals surface area contributed by atoms with Gasteiger partial charge in [0.1, 0.15) is 17.8 Å². The number of hydrogen-bond donors (Lipinski definition) is 0. The average molecular weight is 500 g/mol. The van der Waals surface area contributed by atoms with Crippen molar-refractivity contribution in [3.8, 4) is 17.1 Å². The molecule has 1 unspecified atom stereocenters. The molecule has 176 valence electrons. The van der Waals surface area contributed by atoms with Gasteiger partial charge in [-0.05, 0) is 61.9 Å². The molecule has 1 atom stereocenters. The first kappa shape index (κ1) is 24.0. The summed E-state index contributed by atoms with van der Waals surface area (Å²) in [5.74, 6) is 0.609. The molecule has 0 saturated carbocycles. The van der Waals surface area contributed by atoms with Crippen LogP contribution >= 0.6 is 23.2 Å². The van der Waals surface area contributed by atoms with Crippen molar-refractivity contribution in [2.45, 2.75) is 13.3 Å². The molecule has 1 saturated heterocycles. The van der Waals surface area contributed by atoms with Crippen molar-refractivity contribution < 1.29 is 19.1 Å². The molecule has 1 aromatic heterocycles. The van der Waals surface area contributed by atoms with E-state index in [2.05, 4.69) is 9.97 Å². The molecule has 1 aliphatic heterocycles. The number of halogens is 2. The topological polar surface area (TPSA) is 81.6 Å². The third-order valence-corrected chi connectivity index (χ3v) is 6.14. The molecule has 0 N–H and O–H groups in total. The van der Waals surface area contributed by atoms with Gasteiger partial charge in [-0.1, -0.05) is 23.2 Å². The van der Waals surface area contributed by atoms with Gasteiger partial charge in [-0.15, -0.1) is 0 Å². The van der Waals surface area contributed by atoms with Gasteiger partial charge < -0.3 is 14.4 Å². The zero-order valence-electron chi connectivity index (χ0n) is 18.5. The van der Waals surface area contributed by atoms with Crippen LogP contribution in [0.2, 0.25) is 10.0 Å². The Morgan fingerprint density at radius 2 is 1.68 bits per heavy atom. The minimum Gasteiger partial charge on any atom is -0.492 e. The Labute approximate surface area is 207 Å². The lowest BCUT2D eigenvalue weighted by Crippen LogP contribution is -2.42. The normalized spacial score (nSPS) is 17.4. The second-order valence-corrected chi connectivity index (χ2v) is 8.90. The van der Waals surface area contributed by atoms with Crippen molar-refractivity contribution >= 4 is 35.1 Å². The van der Waals surface area contributed by atoms with E-state index in [1.54, 1.807) is 48.2 Å². The molecule has 34 heavy (non-hydrogen) atoms. The maximum atomic E-state index is 13.0. The van der Waals surface area contributed by atoms with E-state index in [1.807, 2.05) is 12.1 Å². The van der Waals surface area contributed by atoms with Crippen molar-refractivity contribution in [3.63, 3.8) is 0 Å². The van der Waals surface area contributed by atoms with Crippen LogP contribution in [0, 0.1) is 5.41 Å². The molecular weight excluding hydrogens is 477 g/mol. The van der Waals surface area contributed by atoms with Gasteiger partial charge in [0, 0.05) is 41.6 Å². The SMILES string of the molecule is CCOC(=O)C1(COc2ccc(-c3ncc(Cl)cn3)cc2)CCN(C(=O)c2ccc(Cl)cc2)C1. The molecule has 2 aromatic carbocycles. The van der Waals surface area contributed by atoms with E-state index in [0.29, 0.717) is 40.1 Å². The van der Waals surface area contributed by atoms with Crippen LogP contribution in [0.3, 0.4) is 0 Å². The second-order valence-electron chi connectivity index (χ2n) is 8.02. The summed E-state index contributed by atoms with van der Waals surface area (Å²) in [6.07, 6.45) is 3.52. The van der Waals surface area contributed by atoms with E-state index in [9.17, 15) is 9.59 Å². The van der Waals surface area contributed by atoms with Crippen molar-refractivity contribution in [2.24, 2.45) is 5.41 Å². The fourth-order valence-corrected chi connectivity index (χ4v) is 4.06. The van der Waals surface area contributed by atoms with Crippen molar-refractivity contribution in [3.05, 3.63) is 76.5 Å². The van der Waals surface area contributed by atoms with E-state index in [1.165, 1.54) is 12.4 Å². The Morgan fingerprint density at radius 3 is 2.32 bits per heavy atom. The van der Waals surface area contributed by atoms with Gasteiger partial charge in [-0.25, -0.2) is 9.97 Å². The molecule has 1 amide bonds. The Kier molecular flexibility index (Phi) is 7.34. The van der Waals surface area contributed by atoms with E-state index in [-0.39, 0.29) is 31.6 Å². The Balaban J connectivity index is 1.46. The van der Waals surface area contributed by atoms with Crippen molar-refractivity contribution in [1.82, 2.24) is 14.9 Å². The number of carbonyl (C=O) groups excluding carboxylic acids is 2. The zero-order valence-corrected chi connectivity index (χ0v) is 20.1. The summed E-state index contributed by atoms with van der Waals surface area (Å²) in [5.41, 5.74) is 0.380. The number of likely N-dealkylation sites (tertiary alicyclic amines) is 1. The average Bonchev–Trinajstić information content (AvgIpc) is 3.30. The van der Waals surface area contributed by atoms with Crippen molar-refractivity contribution in [1.29, 1.82) is 0 Å². The summed E-state index contributed by atoms with van der Waals surface area (Å²) in [7, 11) is 0. The van der Waals surface area contributed by atoms with Crippen LogP contribution in [-0.4, -0.2) is 53.0 Å². The first-order valence-corrected chi connectivity index (χ1v) is 11.6. The number of hydrogen-bond acceptors (Lipinski definition) is 6. The highest BCUT2D eigenvalue weighted by molar-refractivity contribution is 6.30. The highest BCUT2D eigenvalue weighted by Crippen LogP contribution is 2.34. The summed E-state index contributed by atoms with van der Waals surface area (Å²) < 4.78 is 11.4. The van der Waals surface area contributed by atoms with Gasteiger partial charge in [0.25, 0.3) is 5.91 Å². The summed E-state index contributed by atoms with van der Waals surface area (Å²) in [6.45, 7) is 2.74. The largest absolute Gasteiger partial charge is 0.492 e. The smallest absolute Gasteiger partial charge is 0.317 e. The molecule has 0 bridgehead atoms. The van der Waals surface area contributed by atoms with Gasteiger partial charge in [-0.3, -0.25) is 9.59 Å². The molecule has 9 heteroatoms. The maximum absolute atomic E-state index is 13.0. The summed E-state index contributed by atoms with van der Waals surface area (Å²) in [5, 5.41) is 1.02. The van der Waals surface area contributed by atoms with Crippen LogP contribution in [0.25, 0.3) is 11.4 Å². The van der Waals surface area contributed by atoms with Crippen LogP contribution in [0.5, 0.6) is 5.75 Å². The Hall–Kier alpha value is -3.16. The molecule has 1 aliphatic rings. The van der Waals surface area contributed by atoms with Crippen LogP contribution in [0.15, 0.2) is 60.9 Å². The number of rotatable bonds is 7. The number of amides is 1. The highest BCUT2D eigenvalue weighted by Gasteiger charge is 2.48. The lowest BCUT2D eigenvalue weighted by Gasteiger charge is -2.27. The second kappa shape index (κ2) is 10.4.